The lowest BCUT2D eigenvalue weighted by Gasteiger charge is -2.43. The summed E-state index contributed by atoms with van der Waals surface area (Å²) in [7, 11) is 0. The summed E-state index contributed by atoms with van der Waals surface area (Å²) in [6, 6.07) is 55.0. The molecule has 53 heavy (non-hydrogen) atoms. The van der Waals surface area contributed by atoms with Gasteiger partial charge in [-0.25, -0.2) is 4.98 Å². The van der Waals surface area contributed by atoms with Crippen molar-refractivity contribution in [3.05, 3.63) is 174 Å². The molecule has 0 spiro atoms. The van der Waals surface area contributed by atoms with E-state index in [-0.39, 0.29) is 16.2 Å². The van der Waals surface area contributed by atoms with Crippen LogP contribution in [0.15, 0.2) is 152 Å². The molecule has 1 aliphatic rings. The molecule has 0 aliphatic carbocycles. The highest BCUT2D eigenvalue weighted by atomic mass is 15.2. The molecule has 2 heterocycles. The van der Waals surface area contributed by atoms with Gasteiger partial charge in [-0.3, -0.25) is 4.57 Å². The number of rotatable bonds is 5. The number of para-hydroxylation sites is 1. The Morgan fingerprint density at radius 3 is 1.43 bits per heavy atom. The van der Waals surface area contributed by atoms with Gasteiger partial charge in [0, 0.05) is 33.5 Å². The Labute approximate surface area is 315 Å². The third kappa shape index (κ3) is 6.08. The van der Waals surface area contributed by atoms with Gasteiger partial charge in [-0.2, -0.15) is 0 Å². The molecule has 1 aromatic heterocycles. The quantitative estimate of drug-likeness (QED) is 0.179. The fourth-order valence-electron chi connectivity index (χ4n) is 7.81. The Morgan fingerprint density at radius 2 is 0.943 bits per heavy atom. The van der Waals surface area contributed by atoms with E-state index >= 15 is 0 Å². The monoisotopic (exact) mass is 691 g/mol. The molecule has 3 heteroatoms. The van der Waals surface area contributed by atoms with Crippen LogP contribution in [0.1, 0.15) is 77.6 Å². The van der Waals surface area contributed by atoms with E-state index < -0.39 is 0 Å². The van der Waals surface area contributed by atoms with Crippen molar-refractivity contribution in [2.75, 3.05) is 4.90 Å². The smallest absolute Gasteiger partial charge is 0.145 e. The van der Waals surface area contributed by atoms with Crippen molar-refractivity contribution in [1.29, 1.82) is 0 Å². The number of benzene rings is 6. The largest absolute Gasteiger partial charge is 0.310 e. The highest BCUT2D eigenvalue weighted by Gasteiger charge is 2.38. The van der Waals surface area contributed by atoms with E-state index in [0.717, 1.165) is 45.3 Å². The van der Waals surface area contributed by atoms with E-state index in [4.69, 9.17) is 4.98 Å². The first-order chi connectivity index (χ1) is 25.3. The lowest BCUT2D eigenvalue weighted by atomic mass is 9.70. The summed E-state index contributed by atoms with van der Waals surface area (Å²) >= 11 is 0. The molecule has 8 rings (SSSR count). The van der Waals surface area contributed by atoms with Crippen LogP contribution in [0.3, 0.4) is 0 Å². The normalized spacial score (nSPS) is 13.8. The van der Waals surface area contributed by atoms with Crippen LogP contribution in [0.25, 0.3) is 39.6 Å². The second-order valence-corrected chi connectivity index (χ2v) is 17.0. The maximum absolute atomic E-state index is 5.45. The zero-order valence-electron chi connectivity index (χ0n) is 32.3. The molecule has 3 nitrogen and oxygen atoms in total. The molecule has 0 saturated heterocycles. The van der Waals surface area contributed by atoms with E-state index in [1.807, 2.05) is 0 Å². The Bertz CT molecular complexity index is 2340. The first kappa shape index (κ1) is 34.4. The van der Waals surface area contributed by atoms with Crippen LogP contribution in [-0.2, 0) is 16.2 Å². The third-order valence-electron chi connectivity index (χ3n) is 10.9. The maximum Gasteiger partial charge on any atom is 0.145 e. The Kier molecular flexibility index (Phi) is 8.29. The highest BCUT2D eigenvalue weighted by molar-refractivity contribution is 5.88. The topological polar surface area (TPSA) is 21.1 Å². The summed E-state index contributed by atoms with van der Waals surface area (Å²) in [5, 5.41) is 0. The number of aromatic nitrogens is 2. The lowest BCUT2D eigenvalue weighted by molar-refractivity contribution is 0.573. The van der Waals surface area contributed by atoms with Gasteiger partial charge in [0.15, 0.2) is 0 Å². The van der Waals surface area contributed by atoms with Gasteiger partial charge in [0.1, 0.15) is 5.82 Å². The maximum atomic E-state index is 5.45. The van der Waals surface area contributed by atoms with Gasteiger partial charge in [-0.1, -0.05) is 159 Å². The molecule has 0 fully saturated rings. The second-order valence-electron chi connectivity index (χ2n) is 17.0. The number of imidazole rings is 1. The molecular weight excluding hydrogens is 643 g/mol. The summed E-state index contributed by atoms with van der Waals surface area (Å²) in [6.45, 7) is 18.6. The van der Waals surface area contributed by atoms with Gasteiger partial charge in [-0.15, -0.1) is 0 Å². The minimum absolute atomic E-state index is 0.0446. The fourth-order valence-corrected chi connectivity index (χ4v) is 7.81. The van der Waals surface area contributed by atoms with Gasteiger partial charge in [0.2, 0.25) is 0 Å². The van der Waals surface area contributed by atoms with E-state index in [1.165, 1.54) is 33.6 Å². The highest BCUT2D eigenvalue weighted by Crippen LogP contribution is 2.53. The zero-order chi connectivity index (χ0) is 37.1. The van der Waals surface area contributed by atoms with Crippen molar-refractivity contribution in [1.82, 2.24) is 9.55 Å². The van der Waals surface area contributed by atoms with Gasteiger partial charge in [0.05, 0.1) is 22.8 Å². The molecule has 0 atom stereocenters. The molecule has 0 bridgehead atoms. The average Bonchev–Trinajstić information content (AvgIpc) is 3.56. The van der Waals surface area contributed by atoms with Crippen LogP contribution in [0.2, 0.25) is 0 Å². The van der Waals surface area contributed by atoms with Crippen molar-refractivity contribution in [3.8, 4) is 39.6 Å². The Hall–Kier alpha value is -5.67. The molecule has 264 valence electrons. The van der Waals surface area contributed by atoms with Crippen LogP contribution >= 0.6 is 0 Å². The van der Waals surface area contributed by atoms with E-state index in [2.05, 4.69) is 217 Å². The predicted molar refractivity (Wildman–Crippen MR) is 224 cm³/mol. The second kappa shape index (κ2) is 12.8. The molecule has 0 N–H and O–H groups in total. The Morgan fingerprint density at radius 1 is 0.472 bits per heavy atom. The number of anilines is 3. The van der Waals surface area contributed by atoms with Gasteiger partial charge >= 0.3 is 0 Å². The number of hydrogen-bond donors (Lipinski definition) is 0. The van der Waals surface area contributed by atoms with Gasteiger partial charge < -0.3 is 4.90 Å². The summed E-state index contributed by atoms with van der Waals surface area (Å²) in [5.74, 6) is 0.908. The molecule has 0 radical (unpaired) electrons. The molecule has 1 aliphatic heterocycles. The molecule has 0 amide bonds. The van der Waals surface area contributed by atoms with Crippen LogP contribution < -0.4 is 4.90 Å². The van der Waals surface area contributed by atoms with Gasteiger partial charge in [-0.05, 0) is 81.6 Å². The predicted octanol–water partition coefficient (Wildman–Crippen LogP) is 13.6. The fraction of sp³-hybridized carbons (Fsp3) is 0.220. The molecule has 0 unspecified atom stereocenters. The van der Waals surface area contributed by atoms with E-state index in [9.17, 15) is 0 Å². The van der Waals surface area contributed by atoms with Crippen molar-refractivity contribution < 1.29 is 0 Å². The number of nitrogens with zero attached hydrogens (tertiary/aromatic N) is 3. The lowest BCUT2D eigenvalue weighted by Crippen LogP contribution is -2.32. The van der Waals surface area contributed by atoms with Crippen molar-refractivity contribution in [3.63, 3.8) is 0 Å². The third-order valence-corrected chi connectivity index (χ3v) is 10.9. The number of fused-ring (bicyclic) bond motifs is 2. The minimum atomic E-state index is -0.175. The standard InChI is InChI=1S/C50H49N3/c1-48(2,3)37-26-30-43-41(32-37)50(7,8)42-33-38(49(4,5)6)27-31-44(42)52(43)40-28-24-36(25-29-40)47-51-45(34-18-12-9-13-19-34)46(35-20-14-10-15-21-35)53(47)39-22-16-11-17-23-39/h9-33H,1-8H3. The number of hydrogen-bond acceptors (Lipinski definition) is 2. The first-order valence-electron chi connectivity index (χ1n) is 18.8. The summed E-state index contributed by atoms with van der Waals surface area (Å²) in [6.07, 6.45) is 0. The van der Waals surface area contributed by atoms with Crippen LogP contribution in [0, 0.1) is 0 Å². The zero-order valence-corrected chi connectivity index (χ0v) is 32.3. The SMILES string of the molecule is CC(C)(C)c1ccc2c(c1)C(C)(C)c1cc(C(C)(C)C)ccc1N2c1ccc(-c2nc(-c3ccccc3)c(-c3ccccc3)n2-c2ccccc2)cc1. The molecule has 6 aromatic carbocycles. The van der Waals surface area contributed by atoms with Crippen LogP contribution in [0.5, 0.6) is 0 Å². The van der Waals surface area contributed by atoms with Crippen LogP contribution in [0.4, 0.5) is 17.1 Å². The van der Waals surface area contributed by atoms with Crippen molar-refractivity contribution in [2.24, 2.45) is 0 Å². The molecular formula is C50H49N3. The van der Waals surface area contributed by atoms with Gasteiger partial charge in [0.25, 0.3) is 0 Å². The average molecular weight is 692 g/mol. The van der Waals surface area contributed by atoms with Crippen molar-refractivity contribution in [2.45, 2.75) is 71.6 Å². The summed E-state index contributed by atoms with van der Waals surface area (Å²) in [4.78, 5) is 7.92. The molecule has 7 aromatic rings. The Balaban J connectivity index is 1.32. The van der Waals surface area contributed by atoms with E-state index in [1.54, 1.807) is 0 Å². The van der Waals surface area contributed by atoms with Crippen molar-refractivity contribution >= 4 is 17.1 Å². The van der Waals surface area contributed by atoms with E-state index in [0.29, 0.717) is 0 Å². The molecule has 0 saturated carbocycles. The first-order valence-corrected chi connectivity index (χ1v) is 18.8. The summed E-state index contributed by atoms with van der Waals surface area (Å²) in [5.41, 5.74) is 15.3. The summed E-state index contributed by atoms with van der Waals surface area (Å²) < 4.78 is 2.32. The van der Waals surface area contributed by atoms with Crippen LogP contribution in [-0.4, -0.2) is 9.55 Å². The minimum Gasteiger partial charge on any atom is -0.310 e.